The molecule has 19 heavy (non-hydrogen) atoms. The third kappa shape index (κ3) is 2.13. The van der Waals surface area contributed by atoms with Crippen molar-refractivity contribution in [3.05, 3.63) is 36.5 Å². The van der Waals surface area contributed by atoms with E-state index in [-0.39, 0.29) is 6.61 Å². The van der Waals surface area contributed by atoms with Crippen LogP contribution >= 0.6 is 0 Å². The van der Waals surface area contributed by atoms with Crippen molar-refractivity contribution < 1.29 is 14.6 Å². The average Bonchev–Trinajstić information content (AvgIpc) is 2.46. The first-order chi connectivity index (χ1) is 9.27. The zero-order chi connectivity index (χ0) is 13.2. The highest BCUT2D eigenvalue weighted by molar-refractivity contribution is 5.93. The molecule has 98 valence electrons. The number of carboxylic acids is 1. The van der Waals surface area contributed by atoms with E-state index in [0.29, 0.717) is 13.2 Å². The molecule has 2 aromatic rings. The Labute approximate surface area is 110 Å². The maximum absolute atomic E-state index is 11.3. The average molecular weight is 258 g/mol. The molecule has 0 spiro atoms. The van der Waals surface area contributed by atoms with Crippen molar-refractivity contribution in [1.82, 2.24) is 4.98 Å². The molecule has 1 aromatic carbocycles. The number of carbonyl (C=O) groups is 1. The van der Waals surface area contributed by atoms with Crippen molar-refractivity contribution in [2.45, 2.75) is 6.04 Å². The summed E-state index contributed by atoms with van der Waals surface area (Å²) in [4.78, 5) is 17.5. The van der Waals surface area contributed by atoms with Crippen LogP contribution in [0.2, 0.25) is 0 Å². The molecule has 0 aliphatic carbocycles. The van der Waals surface area contributed by atoms with Crippen molar-refractivity contribution in [1.29, 1.82) is 0 Å². The largest absolute Gasteiger partial charge is 0.480 e. The minimum atomic E-state index is -0.861. The van der Waals surface area contributed by atoms with Crippen LogP contribution in [0.4, 0.5) is 5.69 Å². The number of hydrogen-bond acceptors (Lipinski definition) is 4. The molecule has 1 aromatic heterocycles. The highest BCUT2D eigenvalue weighted by Crippen LogP contribution is 2.27. The van der Waals surface area contributed by atoms with Gasteiger partial charge in [-0.2, -0.15) is 0 Å². The number of nitrogens with zero attached hydrogens (tertiary/aromatic N) is 2. The molecule has 1 unspecified atom stereocenters. The minimum absolute atomic E-state index is 0.214. The van der Waals surface area contributed by atoms with Crippen molar-refractivity contribution >= 4 is 22.6 Å². The van der Waals surface area contributed by atoms with E-state index in [1.807, 2.05) is 35.2 Å². The molecule has 5 heteroatoms. The van der Waals surface area contributed by atoms with Gasteiger partial charge in [-0.15, -0.1) is 0 Å². The van der Waals surface area contributed by atoms with Gasteiger partial charge in [0.05, 0.1) is 18.7 Å². The predicted octanol–water partition coefficient (Wildman–Crippen LogP) is 1.52. The number of ether oxygens (including phenoxy) is 1. The quantitative estimate of drug-likeness (QED) is 0.885. The van der Waals surface area contributed by atoms with Gasteiger partial charge in [-0.3, -0.25) is 4.98 Å². The molecule has 0 radical (unpaired) electrons. The van der Waals surface area contributed by atoms with E-state index in [1.165, 1.54) is 0 Å². The summed E-state index contributed by atoms with van der Waals surface area (Å²) in [5, 5.41) is 10.3. The second-order valence-electron chi connectivity index (χ2n) is 4.47. The number of anilines is 1. The summed E-state index contributed by atoms with van der Waals surface area (Å²) in [6, 6.07) is 8.97. The molecule has 2 heterocycles. The minimum Gasteiger partial charge on any atom is -0.480 e. The van der Waals surface area contributed by atoms with E-state index < -0.39 is 12.0 Å². The molecule has 1 fully saturated rings. The second-order valence-corrected chi connectivity index (χ2v) is 4.47. The molecular formula is C14H14N2O3. The zero-order valence-corrected chi connectivity index (χ0v) is 10.3. The van der Waals surface area contributed by atoms with E-state index in [4.69, 9.17) is 4.74 Å². The van der Waals surface area contributed by atoms with Crippen LogP contribution in [0.3, 0.4) is 0 Å². The lowest BCUT2D eigenvalue weighted by Gasteiger charge is -2.35. The maximum Gasteiger partial charge on any atom is 0.328 e. The Bertz CT molecular complexity index is 609. The molecule has 1 aliphatic heterocycles. The number of carboxylic acid groups (broad SMARTS) is 1. The van der Waals surface area contributed by atoms with Crippen molar-refractivity contribution in [2.24, 2.45) is 0 Å². The van der Waals surface area contributed by atoms with Crippen LogP contribution < -0.4 is 4.90 Å². The van der Waals surface area contributed by atoms with E-state index in [1.54, 1.807) is 6.20 Å². The van der Waals surface area contributed by atoms with Gasteiger partial charge in [-0.05, 0) is 12.1 Å². The summed E-state index contributed by atoms with van der Waals surface area (Å²) >= 11 is 0. The fourth-order valence-electron chi connectivity index (χ4n) is 2.43. The molecule has 1 atom stereocenters. The number of pyridine rings is 1. The highest BCUT2D eigenvalue weighted by atomic mass is 16.5. The van der Waals surface area contributed by atoms with Gasteiger partial charge in [0.15, 0.2) is 6.04 Å². The molecule has 1 aliphatic rings. The standard InChI is InChI=1S/C14H14N2O3/c17-14(18)13-9-19-8-7-16(13)12-5-6-15-11-4-2-1-3-10(11)12/h1-6,13H,7-9H2,(H,17,18). The fraction of sp³-hybridized carbons (Fsp3) is 0.286. The highest BCUT2D eigenvalue weighted by Gasteiger charge is 2.30. The Balaban J connectivity index is 2.09. The molecule has 1 saturated heterocycles. The summed E-state index contributed by atoms with van der Waals surface area (Å²) < 4.78 is 5.27. The number of aliphatic carboxylic acids is 1. The van der Waals surface area contributed by atoms with E-state index in [9.17, 15) is 9.90 Å². The monoisotopic (exact) mass is 258 g/mol. The normalized spacial score (nSPS) is 19.6. The van der Waals surface area contributed by atoms with Gasteiger partial charge in [0, 0.05) is 23.8 Å². The number of benzene rings is 1. The van der Waals surface area contributed by atoms with Gasteiger partial charge >= 0.3 is 5.97 Å². The van der Waals surface area contributed by atoms with Crippen molar-refractivity contribution in [3.63, 3.8) is 0 Å². The molecule has 0 amide bonds. The van der Waals surface area contributed by atoms with Gasteiger partial charge < -0.3 is 14.7 Å². The fourth-order valence-corrected chi connectivity index (χ4v) is 2.43. The molecule has 1 N–H and O–H groups in total. The smallest absolute Gasteiger partial charge is 0.328 e. The molecule has 0 saturated carbocycles. The number of morpholine rings is 1. The summed E-state index contributed by atoms with van der Waals surface area (Å²) in [6.45, 7) is 1.33. The van der Waals surface area contributed by atoms with Gasteiger partial charge in [0.2, 0.25) is 0 Å². The second kappa shape index (κ2) is 4.85. The third-order valence-electron chi connectivity index (χ3n) is 3.35. The lowest BCUT2D eigenvalue weighted by Crippen LogP contribution is -2.50. The summed E-state index contributed by atoms with van der Waals surface area (Å²) in [6.07, 6.45) is 1.71. The Hall–Kier alpha value is -2.14. The van der Waals surface area contributed by atoms with Gasteiger partial charge in [-0.25, -0.2) is 4.79 Å². The first-order valence-electron chi connectivity index (χ1n) is 6.18. The topological polar surface area (TPSA) is 62.7 Å². The van der Waals surface area contributed by atoms with E-state index >= 15 is 0 Å². The van der Waals surface area contributed by atoms with Crippen LogP contribution in [0.1, 0.15) is 0 Å². The molecule has 0 bridgehead atoms. The first kappa shape index (κ1) is 11.9. The zero-order valence-electron chi connectivity index (χ0n) is 10.3. The van der Waals surface area contributed by atoms with E-state index in [2.05, 4.69) is 4.98 Å². The molecule has 5 nitrogen and oxygen atoms in total. The SMILES string of the molecule is O=C(O)C1COCCN1c1ccnc2ccccc12. The molecular weight excluding hydrogens is 244 g/mol. The number of aromatic nitrogens is 1. The van der Waals surface area contributed by atoms with Gasteiger partial charge in [-0.1, -0.05) is 18.2 Å². The van der Waals surface area contributed by atoms with Crippen LogP contribution in [0.5, 0.6) is 0 Å². The predicted molar refractivity (Wildman–Crippen MR) is 71.3 cm³/mol. The summed E-state index contributed by atoms with van der Waals surface area (Å²) in [5.41, 5.74) is 1.77. The van der Waals surface area contributed by atoms with Gasteiger partial charge in [0.1, 0.15) is 0 Å². The first-order valence-corrected chi connectivity index (χ1v) is 6.18. The number of fused-ring (bicyclic) bond motifs is 1. The van der Waals surface area contributed by atoms with Crippen molar-refractivity contribution in [3.8, 4) is 0 Å². The summed E-state index contributed by atoms with van der Waals surface area (Å²) in [5.74, 6) is -0.861. The number of rotatable bonds is 2. The van der Waals surface area contributed by atoms with Crippen LogP contribution in [-0.4, -0.2) is 41.9 Å². The third-order valence-corrected chi connectivity index (χ3v) is 3.35. The Morgan fingerprint density at radius 1 is 1.37 bits per heavy atom. The van der Waals surface area contributed by atoms with Gasteiger partial charge in [0.25, 0.3) is 0 Å². The van der Waals surface area contributed by atoms with Crippen LogP contribution in [0.25, 0.3) is 10.9 Å². The number of hydrogen-bond donors (Lipinski definition) is 1. The number of para-hydroxylation sites is 1. The maximum atomic E-state index is 11.3. The lowest BCUT2D eigenvalue weighted by molar-refractivity contribution is -0.141. The lowest BCUT2D eigenvalue weighted by atomic mass is 10.1. The Morgan fingerprint density at radius 2 is 2.21 bits per heavy atom. The van der Waals surface area contributed by atoms with E-state index in [0.717, 1.165) is 16.6 Å². The molecule has 3 rings (SSSR count). The Morgan fingerprint density at radius 3 is 3.05 bits per heavy atom. The van der Waals surface area contributed by atoms with Crippen LogP contribution in [0, 0.1) is 0 Å². The van der Waals surface area contributed by atoms with Crippen LogP contribution in [0.15, 0.2) is 36.5 Å². The summed E-state index contributed by atoms with van der Waals surface area (Å²) in [7, 11) is 0. The van der Waals surface area contributed by atoms with Crippen molar-refractivity contribution in [2.75, 3.05) is 24.7 Å². The van der Waals surface area contributed by atoms with Crippen LogP contribution in [-0.2, 0) is 9.53 Å². The Kier molecular flexibility index (Phi) is 3.05.